The van der Waals surface area contributed by atoms with Crippen molar-refractivity contribution in [3.63, 3.8) is 0 Å². The molecule has 9 rings (SSSR count). The normalized spacial score (nSPS) is 25.0. The summed E-state index contributed by atoms with van der Waals surface area (Å²) in [5.74, 6) is -0.320. The smallest absolute Gasteiger partial charge is 0.350 e. The minimum absolute atomic E-state index is 0.0918. The zero-order chi connectivity index (χ0) is 38.4. The predicted molar refractivity (Wildman–Crippen MR) is 211 cm³/mol. The molecule has 1 aliphatic heterocycles. The van der Waals surface area contributed by atoms with Crippen molar-refractivity contribution >= 4 is 41.4 Å². The van der Waals surface area contributed by atoms with Gasteiger partial charge in [-0.25, -0.2) is 4.79 Å². The SMILES string of the molecule is COC(C)CCOC(=O)C(C#N)=C1Sc2c(OC(=O)C3CCC(C)CC3)c3c(c(OC(=O)C4CCC(C)CC4)c2S1)C1c2ccccc2C3c2ccccc21. The standard InChI is InChI=1S/C45H47NO7S2/c1-24-13-17-27(18-14-24)42(47)52-38-36-34-29-9-5-7-11-31(29)35(32-12-8-6-10-30(32)34)37(36)39(53-43(48)28-19-15-25(2)16-20-28)41-40(38)54-45(55-41)33(23-46)44(49)51-22-21-26(3)50-4/h5-12,24-28,34-35H,13-22H2,1-4H3. The highest BCUT2D eigenvalue weighted by molar-refractivity contribution is 8.24. The van der Waals surface area contributed by atoms with Crippen LogP contribution in [0.25, 0.3) is 0 Å². The number of benzene rings is 3. The number of fused-ring (bicyclic) bond motifs is 1. The van der Waals surface area contributed by atoms with Gasteiger partial charge in [0.05, 0.1) is 38.6 Å². The third-order valence-corrected chi connectivity index (χ3v) is 15.0. The second-order valence-corrected chi connectivity index (χ2v) is 18.3. The maximum atomic E-state index is 14.3. The lowest BCUT2D eigenvalue weighted by molar-refractivity contribution is -0.141. The van der Waals surface area contributed by atoms with E-state index in [1.807, 2.05) is 31.2 Å². The van der Waals surface area contributed by atoms with Crippen LogP contribution >= 0.6 is 23.5 Å². The largest absolute Gasteiger partial charge is 0.461 e. The molecular formula is C45H47NO7S2. The lowest BCUT2D eigenvalue weighted by Gasteiger charge is -2.43. The molecular weight excluding hydrogens is 731 g/mol. The Morgan fingerprint density at radius 3 is 1.53 bits per heavy atom. The van der Waals surface area contributed by atoms with Gasteiger partial charge in [-0.3, -0.25) is 9.59 Å². The molecule has 0 aromatic heterocycles. The zero-order valence-electron chi connectivity index (χ0n) is 31.9. The van der Waals surface area contributed by atoms with Gasteiger partial charge < -0.3 is 18.9 Å². The van der Waals surface area contributed by atoms with E-state index in [0.717, 1.165) is 84.7 Å². The molecule has 1 unspecified atom stereocenters. The summed E-state index contributed by atoms with van der Waals surface area (Å²) in [4.78, 5) is 43.2. The number of nitrogens with zero attached hydrogens (tertiary/aromatic N) is 1. The van der Waals surface area contributed by atoms with Crippen LogP contribution in [0.1, 0.15) is 124 Å². The van der Waals surface area contributed by atoms with Crippen LogP contribution in [-0.2, 0) is 23.9 Å². The minimum Gasteiger partial charge on any atom is -0.461 e. The summed E-state index contributed by atoms with van der Waals surface area (Å²) in [6.45, 7) is 6.42. The Kier molecular flexibility index (Phi) is 10.9. The fourth-order valence-electron chi connectivity index (χ4n) is 9.04. The second-order valence-electron chi connectivity index (χ2n) is 16.0. The maximum Gasteiger partial charge on any atom is 0.350 e. The molecule has 5 aliphatic carbocycles. The number of methoxy groups -OCH3 is 1. The van der Waals surface area contributed by atoms with E-state index in [1.54, 1.807) is 7.11 Å². The second kappa shape index (κ2) is 15.8. The Bertz CT molecular complexity index is 1940. The molecule has 8 nitrogen and oxygen atoms in total. The number of thioether (sulfide) groups is 2. The van der Waals surface area contributed by atoms with Crippen molar-refractivity contribution in [3.05, 3.63) is 91.7 Å². The first-order chi connectivity index (χ1) is 26.7. The summed E-state index contributed by atoms with van der Waals surface area (Å²) >= 11 is 2.45. The van der Waals surface area contributed by atoms with Gasteiger partial charge in [0.25, 0.3) is 0 Å². The van der Waals surface area contributed by atoms with Crippen molar-refractivity contribution in [2.24, 2.45) is 23.7 Å². The van der Waals surface area contributed by atoms with Crippen LogP contribution < -0.4 is 9.47 Å². The van der Waals surface area contributed by atoms with Gasteiger partial charge in [-0.15, -0.1) is 0 Å². The van der Waals surface area contributed by atoms with Crippen molar-refractivity contribution in [1.82, 2.24) is 0 Å². The topological polar surface area (TPSA) is 112 Å². The molecule has 286 valence electrons. The highest BCUT2D eigenvalue weighted by Crippen LogP contribution is 2.68. The molecule has 6 aliphatic rings. The molecule has 0 N–H and O–H groups in total. The minimum atomic E-state index is -0.733. The zero-order valence-corrected chi connectivity index (χ0v) is 33.5. The molecule has 2 fully saturated rings. The van der Waals surface area contributed by atoms with E-state index >= 15 is 0 Å². The van der Waals surface area contributed by atoms with E-state index in [4.69, 9.17) is 18.9 Å². The van der Waals surface area contributed by atoms with Gasteiger partial charge in [0.2, 0.25) is 0 Å². The van der Waals surface area contributed by atoms with Crippen LogP contribution in [0.3, 0.4) is 0 Å². The predicted octanol–water partition coefficient (Wildman–Crippen LogP) is 10.0. The van der Waals surface area contributed by atoms with E-state index < -0.39 is 5.97 Å². The summed E-state index contributed by atoms with van der Waals surface area (Å²) in [6, 6.07) is 18.8. The van der Waals surface area contributed by atoms with Crippen LogP contribution in [0.2, 0.25) is 0 Å². The monoisotopic (exact) mass is 777 g/mol. The molecule has 0 radical (unpaired) electrons. The number of rotatable bonds is 9. The molecule has 10 heteroatoms. The number of hydrogen-bond acceptors (Lipinski definition) is 10. The van der Waals surface area contributed by atoms with E-state index in [-0.39, 0.29) is 53.9 Å². The maximum absolute atomic E-state index is 14.3. The van der Waals surface area contributed by atoms with Gasteiger partial charge in [0.1, 0.15) is 6.07 Å². The number of nitriles is 1. The van der Waals surface area contributed by atoms with Crippen molar-refractivity contribution in [2.45, 2.75) is 106 Å². The van der Waals surface area contributed by atoms with E-state index in [0.29, 0.717) is 43.8 Å². The van der Waals surface area contributed by atoms with Gasteiger partial charge in [0, 0.05) is 36.5 Å². The molecule has 2 bridgehead atoms. The summed E-state index contributed by atoms with van der Waals surface area (Å²) in [7, 11) is 1.60. The first-order valence-electron chi connectivity index (χ1n) is 19.7. The number of carbonyl (C=O) groups is 3. The van der Waals surface area contributed by atoms with Crippen LogP contribution in [0.15, 0.2) is 68.1 Å². The highest BCUT2D eigenvalue weighted by Gasteiger charge is 2.49. The van der Waals surface area contributed by atoms with Crippen LogP contribution in [0, 0.1) is 35.0 Å². The van der Waals surface area contributed by atoms with E-state index in [9.17, 15) is 19.6 Å². The molecule has 3 aromatic rings. The lowest BCUT2D eigenvalue weighted by atomic mass is 9.60. The lowest BCUT2D eigenvalue weighted by Crippen LogP contribution is -2.32. The summed E-state index contributed by atoms with van der Waals surface area (Å²) in [6.07, 6.45) is 7.26. The molecule has 1 heterocycles. The Hall–Kier alpha value is -4.04. The Morgan fingerprint density at radius 1 is 0.727 bits per heavy atom. The van der Waals surface area contributed by atoms with Gasteiger partial charge in [0.15, 0.2) is 17.1 Å². The number of esters is 3. The average molecular weight is 778 g/mol. The fourth-order valence-corrected chi connectivity index (χ4v) is 11.6. The molecule has 0 spiro atoms. The van der Waals surface area contributed by atoms with Gasteiger partial charge >= 0.3 is 17.9 Å². The van der Waals surface area contributed by atoms with Crippen molar-refractivity contribution in [3.8, 4) is 17.6 Å². The quantitative estimate of drug-likeness (QED) is 0.0621. The highest BCUT2D eigenvalue weighted by atomic mass is 32.2. The van der Waals surface area contributed by atoms with Crippen molar-refractivity contribution < 1.29 is 33.3 Å². The average Bonchev–Trinajstić information content (AvgIpc) is 3.64. The molecule has 1 atom stereocenters. The summed E-state index contributed by atoms with van der Waals surface area (Å²) in [5, 5.41) is 10.4. The van der Waals surface area contributed by atoms with Gasteiger partial charge in [-0.2, -0.15) is 5.26 Å². The van der Waals surface area contributed by atoms with Crippen molar-refractivity contribution in [2.75, 3.05) is 13.7 Å². The molecule has 0 saturated heterocycles. The third-order valence-electron chi connectivity index (χ3n) is 12.4. The molecule has 55 heavy (non-hydrogen) atoms. The van der Waals surface area contributed by atoms with Gasteiger partial charge in [-0.1, -0.05) is 85.9 Å². The molecule has 3 aromatic carbocycles. The van der Waals surface area contributed by atoms with Crippen molar-refractivity contribution in [1.29, 1.82) is 5.26 Å². The van der Waals surface area contributed by atoms with E-state index in [2.05, 4.69) is 44.2 Å². The molecule has 2 saturated carbocycles. The van der Waals surface area contributed by atoms with E-state index in [1.165, 1.54) is 23.5 Å². The first-order valence-corrected chi connectivity index (χ1v) is 21.4. The van der Waals surface area contributed by atoms with Gasteiger partial charge in [-0.05, 0) is 92.4 Å². The number of ether oxygens (including phenoxy) is 4. The Morgan fingerprint density at radius 2 is 1.15 bits per heavy atom. The number of hydrogen-bond donors (Lipinski definition) is 0. The van der Waals surface area contributed by atoms with Crippen LogP contribution in [-0.4, -0.2) is 37.7 Å². The number of carbonyl (C=O) groups excluding carboxylic acids is 3. The third kappa shape index (κ3) is 7.02. The summed E-state index contributed by atoms with van der Waals surface area (Å²) in [5.41, 5.74) is 6.00. The Balaban J connectivity index is 1.31. The first kappa shape index (κ1) is 37.9. The van der Waals surface area contributed by atoms with Crippen LogP contribution in [0.4, 0.5) is 0 Å². The molecule has 0 amide bonds. The summed E-state index contributed by atoms with van der Waals surface area (Å²) < 4.78 is 24.6. The Labute approximate surface area is 331 Å². The van der Waals surface area contributed by atoms with Crippen LogP contribution in [0.5, 0.6) is 11.5 Å². The fraction of sp³-hybridized carbons (Fsp3) is 0.467.